The predicted octanol–water partition coefficient (Wildman–Crippen LogP) is 3.56. The molecule has 0 aromatic rings. The molecule has 0 fully saturated rings. The number of hydrogen-bond acceptors (Lipinski definition) is 8. The van der Waals surface area contributed by atoms with Crippen LogP contribution >= 0.6 is 7.60 Å². The Balaban J connectivity index is 3.60. The first-order chi connectivity index (χ1) is 13.0. The lowest BCUT2D eigenvalue weighted by Crippen LogP contribution is -2.39. The van der Waals surface area contributed by atoms with Gasteiger partial charge in [-0.2, -0.15) is 0 Å². The summed E-state index contributed by atoms with van der Waals surface area (Å²) >= 11 is 0. The Hall–Kier alpha value is -1.76. The second kappa shape index (κ2) is 9.63. The van der Waals surface area contributed by atoms with E-state index in [1.54, 1.807) is 27.7 Å². The Morgan fingerprint density at radius 2 is 1.32 bits per heavy atom. The first-order valence-electron chi connectivity index (χ1n) is 9.01. The molecule has 0 saturated heterocycles. The molecule has 0 atom stereocenters. The Morgan fingerprint density at radius 3 is 1.68 bits per heavy atom. The van der Waals surface area contributed by atoms with Gasteiger partial charge in [0.05, 0.1) is 27.4 Å². The quantitative estimate of drug-likeness (QED) is 0.319. The summed E-state index contributed by atoms with van der Waals surface area (Å²) in [4.78, 5) is 37.2. The Labute approximate surface area is 165 Å². The summed E-state index contributed by atoms with van der Waals surface area (Å²) in [6.45, 7) is 8.37. The van der Waals surface area contributed by atoms with Gasteiger partial charge >= 0.3 is 19.5 Å². The zero-order chi connectivity index (χ0) is 21.7. The number of allylic oxidation sites excluding steroid dienone is 4. The fourth-order valence-corrected chi connectivity index (χ4v) is 5.02. The van der Waals surface area contributed by atoms with E-state index in [9.17, 15) is 18.9 Å². The molecule has 0 saturated carbocycles. The van der Waals surface area contributed by atoms with Crippen molar-refractivity contribution in [3.63, 3.8) is 0 Å². The van der Waals surface area contributed by atoms with E-state index in [0.29, 0.717) is 22.0 Å². The molecule has 0 unspecified atom stereocenters. The second-order valence-electron chi connectivity index (χ2n) is 6.48. The van der Waals surface area contributed by atoms with Gasteiger partial charge in [0, 0.05) is 23.7 Å². The minimum absolute atomic E-state index is 0.0946. The fourth-order valence-electron chi connectivity index (χ4n) is 3.33. The maximum Gasteiger partial charge on any atom is 0.357 e. The number of esters is 2. The van der Waals surface area contributed by atoms with Gasteiger partial charge in [-0.15, -0.1) is 0 Å². The molecule has 0 aromatic carbocycles. The van der Waals surface area contributed by atoms with E-state index < -0.39 is 24.9 Å². The molecule has 1 rings (SSSR count). The van der Waals surface area contributed by atoms with Crippen molar-refractivity contribution in [2.45, 2.75) is 47.5 Å². The standard InChI is InChI=1S/C19H29O8P/c1-8-26-28(23,27-9-2)14(5)12(3)15-10-19(17(21)24-6,18(22)25-7)11-16(15)13(4)20/h8-11H2,1-7H3/b14-12-. The summed E-state index contributed by atoms with van der Waals surface area (Å²) < 4.78 is 33.5. The largest absolute Gasteiger partial charge is 0.468 e. The molecule has 0 aromatic heterocycles. The van der Waals surface area contributed by atoms with Crippen LogP contribution in [-0.4, -0.2) is 45.2 Å². The summed E-state index contributed by atoms with van der Waals surface area (Å²) in [5.74, 6) is -1.85. The third-order valence-electron chi connectivity index (χ3n) is 4.90. The third-order valence-corrected chi connectivity index (χ3v) is 7.26. The van der Waals surface area contributed by atoms with E-state index >= 15 is 0 Å². The van der Waals surface area contributed by atoms with Crippen LogP contribution in [0.4, 0.5) is 0 Å². The maximum atomic E-state index is 13.1. The van der Waals surface area contributed by atoms with E-state index in [1.807, 2.05) is 0 Å². The first kappa shape index (κ1) is 24.3. The van der Waals surface area contributed by atoms with E-state index in [-0.39, 0.29) is 31.8 Å². The van der Waals surface area contributed by atoms with Gasteiger partial charge in [0.2, 0.25) is 0 Å². The van der Waals surface area contributed by atoms with E-state index in [0.717, 1.165) is 0 Å². The molecule has 158 valence electrons. The van der Waals surface area contributed by atoms with Gasteiger partial charge in [0.25, 0.3) is 0 Å². The summed E-state index contributed by atoms with van der Waals surface area (Å²) in [6.07, 6.45) is -0.238. The van der Waals surface area contributed by atoms with Gasteiger partial charge in [-0.25, -0.2) is 0 Å². The van der Waals surface area contributed by atoms with Crippen molar-refractivity contribution in [3.8, 4) is 0 Å². The number of carbonyl (C=O) groups excluding carboxylic acids is 3. The number of ketones is 1. The highest BCUT2D eigenvalue weighted by molar-refractivity contribution is 7.58. The van der Waals surface area contributed by atoms with Crippen LogP contribution in [0.25, 0.3) is 0 Å². The average Bonchev–Trinajstić information content (AvgIpc) is 3.08. The topological polar surface area (TPSA) is 105 Å². The Kier molecular flexibility index (Phi) is 8.35. The molecule has 0 amide bonds. The highest BCUT2D eigenvalue weighted by Gasteiger charge is 2.54. The molecule has 1 aliphatic rings. The molecular weight excluding hydrogens is 387 g/mol. The lowest BCUT2D eigenvalue weighted by Gasteiger charge is -2.24. The van der Waals surface area contributed by atoms with Crippen LogP contribution < -0.4 is 0 Å². The molecule has 0 radical (unpaired) electrons. The van der Waals surface area contributed by atoms with Crippen molar-refractivity contribution >= 4 is 25.3 Å². The third kappa shape index (κ3) is 4.45. The van der Waals surface area contributed by atoms with Crippen molar-refractivity contribution in [1.82, 2.24) is 0 Å². The molecule has 0 aliphatic heterocycles. The SMILES string of the molecule is CCOP(=O)(OCC)/C(C)=C(/C)C1=C(C(C)=O)CC(C(=O)OC)(C(=O)OC)C1. The monoisotopic (exact) mass is 416 g/mol. The lowest BCUT2D eigenvalue weighted by molar-refractivity contribution is -0.168. The zero-order valence-electron chi connectivity index (χ0n) is 17.5. The fraction of sp³-hybridized carbons (Fsp3) is 0.632. The van der Waals surface area contributed by atoms with Gasteiger partial charge in [-0.1, -0.05) is 0 Å². The van der Waals surface area contributed by atoms with Crippen LogP contribution in [0, 0.1) is 5.41 Å². The maximum absolute atomic E-state index is 13.1. The molecule has 8 nitrogen and oxygen atoms in total. The number of ether oxygens (including phenoxy) is 2. The van der Waals surface area contributed by atoms with E-state index in [4.69, 9.17) is 18.5 Å². The van der Waals surface area contributed by atoms with Gasteiger partial charge < -0.3 is 18.5 Å². The highest BCUT2D eigenvalue weighted by Crippen LogP contribution is 2.59. The van der Waals surface area contributed by atoms with E-state index in [2.05, 4.69) is 0 Å². The molecule has 9 heteroatoms. The molecule has 0 N–H and O–H groups in total. The molecule has 1 aliphatic carbocycles. The summed E-state index contributed by atoms with van der Waals surface area (Å²) in [6, 6.07) is 0. The van der Waals surface area contributed by atoms with Crippen molar-refractivity contribution in [2.75, 3.05) is 27.4 Å². The average molecular weight is 416 g/mol. The Morgan fingerprint density at radius 1 is 0.893 bits per heavy atom. The molecular formula is C19H29O8P. The van der Waals surface area contributed by atoms with Crippen LogP contribution in [0.1, 0.15) is 47.5 Å². The number of rotatable bonds is 9. The smallest absolute Gasteiger partial charge is 0.357 e. The summed E-state index contributed by atoms with van der Waals surface area (Å²) in [5, 5.41) is 0.329. The predicted molar refractivity (Wildman–Crippen MR) is 103 cm³/mol. The number of hydrogen-bond donors (Lipinski definition) is 0. The van der Waals surface area contributed by atoms with Crippen LogP contribution in [0.2, 0.25) is 0 Å². The highest BCUT2D eigenvalue weighted by atomic mass is 31.2. The van der Waals surface area contributed by atoms with Gasteiger partial charge in [-0.3, -0.25) is 18.9 Å². The minimum atomic E-state index is -3.58. The minimum Gasteiger partial charge on any atom is -0.468 e. The van der Waals surface area contributed by atoms with Crippen molar-refractivity contribution < 1.29 is 37.5 Å². The molecule has 0 bridgehead atoms. The van der Waals surface area contributed by atoms with Gasteiger partial charge in [0.1, 0.15) is 0 Å². The first-order valence-corrected chi connectivity index (χ1v) is 10.6. The van der Waals surface area contributed by atoms with Crippen LogP contribution in [0.5, 0.6) is 0 Å². The molecule has 28 heavy (non-hydrogen) atoms. The number of Topliss-reactive ketones (excluding diaryl/α,β-unsaturated/α-hetero) is 1. The Bertz CT molecular complexity index is 736. The van der Waals surface area contributed by atoms with Gasteiger partial charge in [0.15, 0.2) is 11.2 Å². The lowest BCUT2D eigenvalue weighted by atomic mass is 9.83. The van der Waals surface area contributed by atoms with Crippen molar-refractivity contribution in [1.29, 1.82) is 0 Å². The number of methoxy groups -OCH3 is 2. The zero-order valence-corrected chi connectivity index (χ0v) is 18.4. The van der Waals surface area contributed by atoms with Gasteiger partial charge in [-0.05, 0) is 45.8 Å². The van der Waals surface area contributed by atoms with Crippen molar-refractivity contribution in [3.05, 3.63) is 22.0 Å². The summed E-state index contributed by atoms with van der Waals surface area (Å²) in [7, 11) is -1.23. The van der Waals surface area contributed by atoms with Crippen LogP contribution in [0.15, 0.2) is 22.0 Å². The van der Waals surface area contributed by atoms with Crippen LogP contribution in [0.3, 0.4) is 0 Å². The van der Waals surface area contributed by atoms with Crippen molar-refractivity contribution in [2.24, 2.45) is 5.41 Å². The number of carbonyl (C=O) groups is 3. The van der Waals surface area contributed by atoms with Crippen LogP contribution in [-0.2, 0) is 37.5 Å². The normalized spacial score (nSPS) is 17.2. The molecule has 0 heterocycles. The molecule has 0 spiro atoms. The van der Waals surface area contributed by atoms with E-state index in [1.165, 1.54) is 21.1 Å². The summed E-state index contributed by atoms with van der Waals surface area (Å²) in [5.41, 5.74) is -0.402. The second-order valence-corrected chi connectivity index (χ2v) is 8.66.